The van der Waals surface area contributed by atoms with Crippen LogP contribution in [0.2, 0.25) is 5.02 Å². The van der Waals surface area contributed by atoms with Crippen LogP contribution in [0.4, 0.5) is 5.69 Å². The Morgan fingerprint density at radius 1 is 0.962 bits per heavy atom. The first-order valence-corrected chi connectivity index (χ1v) is 8.73. The van der Waals surface area contributed by atoms with Gasteiger partial charge < -0.3 is 10.6 Å². The van der Waals surface area contributed by atoms with Crippen molar-refractivity contribution in [3.63, 3.8) is 0 Å². The Balaban J connectivity index is 1.80. The largest absolute Gasteiger partial charge is 0.385 e. The Labute approximate surface area is 157 Å². The first-order valence-electron chi connectivity index (χ1n) is 8.35. The fourth-order valence-corrected chi connectivity index (χ4v) is 3.38. The van der Waals surface area contributed by atoms with E-state index in [4.69, 9.17) is 17.3 Å². The van der Waals surface area contributed by atoms with Gasteiger partial charge in [-0.25, -0.2) is 0 Å². The average Bonchev–Trinajstić information content (AvgIpc) is 2.68. The van der Waals surface area contributed by atoms with E-state index in [0.29, 0.717) is 28.5 Å². The van der Waals surface area contributed by atoms with Crippen molar-refractivity contribution in [3.8, 4) is 0 Å². The molecule has 0 saturated heterocycles. The van der Waals surface area contributed by atoms with Gasteiger partial charge >= 0.3 is 0 Å². The molecule has 3 nitrogen and oxygen atoms in total. The molecule has 26 heavy (non-hydrogen) atoms. The van der Waals surface area contributed by atoms with Gasteiger partial charge in [0.2, 0.25) is 0 Å². The summed E-state index contributed by atoms with van der Waals surface area (Å²) in [6.45, 7) is 0.606. The highest BCUT2D eigenvalue weighted by molar-refractivity contribution is 6.31. The Kier molecular flexibility index (Phi) is 4.23. The van der Waals surface area contributed by atoms with E-state index in [2.05, 4.69) is 6.07 Å². The standard InChI is InChI=1S/C22H17ClN2O/c23-18-10-11-20(19(13-18)22(26)15-6-2-1-3-7-15)25-14-17-9-5-4-8-16(17)12-21(25)24/h1-13H,14,24H2. The fraction of sp³-hybridized carbons (Fsp3) is 0.0455. The van der Waals surface area contributed by atoms with Crippen molar-refractivity contribution < 1.29 is 4.79 Å². The lowest BCUT2D eigenvalue weighted by Crippen LogP contribution is -2.31. The smallest absolute Gasteiger partial charge is 0.195 e. The summed E-state index contributed by atoms with van der Waals surface area (Å²) in [4.78, 5) is 15.0. The van der Waals surface area contributed by atoms with Crippen LogP contribution in [0, 0.1) is 0 Å². The van der Waals surface area contributed by atoms with E-state index in [1.807, 2.05) is 53.4 Å². The minimum Gasteiger partial charge on any atom is -0.385 e. The van der Waals surface area contributed by atoms with E-state index in [0.717, 1.165) is 16.8 Å². The van der Waals surface area contributed by atoms with Gasteiger partial charge in [0.05, 0.1) is 12.2 Å². The van der Waals surface area contributed by atoms with Gasteiger partial charge in [0.15, 0.2) is 5.78 Å². The third-order valence-electron chi connectivity index (χ3n) is 4.53. The lowest BCUT2D eigenvalue weighted by molar-refractivity contribution is 0.103. The van der Waals surface area contributed by atoms with E-state index in [-0.39, 0.29) is 5.78 Å². The van der Waals surface area contributed by atoms with Gasteiger partial charge in [-0.2, -0.15) is 0 Å². The lowest BCUT2D eigenvalue weighted by atomic mass is 9.98. The molecule has 128 valence electrons. The molecule has 1 heterocycles. The summed E-state index contributed by atoms with van der Waals surface area (Å²) in [5.41, 5.74) is 10.5. The van der Waals surface area contributed by atoms with Crippen molar-refractivity contribution in [3.05, 3.63) is 106 Å². The van der Waals surface area contributed by atoms with Gasteiger partial charge in [0.1, 0.15) is 5.82 Å². The third kappa shape index (κ3) is 2.98. The Morgan fingerprint density at radius 2 is 1.69 bits per heavy atom. The molecule has 0 atom stereocenters. The van der Waals surface area contributed by atoms with Crippen molar-refractivity contribution >= 4 is 29.1 Å². The first-order chi connectivity index (χ1) is 12.6. The molecular weight excluding hydrogens is 344 g/mol. The van der Waals surface area contributed by atoms with E-state index in [1.165, 1.54) is 0 Å². The van der Waals surface area contributed by atoms with Gasteiger partial charge in [0.25, 0.3) is 0 Å². The molecule has 0 bridgehead atoms. The summed E-state index contributed by atoms with van der Waals surface area (Å²) in [7, 11) is 0. The number of nitrogens with two attached hydrogens (primary N) is 1. The number of halogens is 1. The molecule has 1 aliphatic rings. The number of hydrogen-bond donors (Lipinski definition) is 1. The molecule has 0 aromatic heterocycles. The highest BCUT2D eigenvalue weighted by Crippen LogP contribution is 2.33. The van der Waals surface area contributed by atoms with Gasteiger partial charge in [0, 0.05) is 16.1 Å². The molecule has 0 unspecified atom stereocenters. The molecule has 0 saturated carbocycles. The summed E-state index contributed by atoms with van der Waals surface area (Å²) < 4.78 is 0. The SMILES string of the molecule is NC1=Cc2ccccc2CN1c1ccc(Cl)cc1C(=O)c1ccccc1. The monoisotopic (exact) mass is 360 g/mol. The van der Waals surface area contributed by atoms with Crippen LogP contribution in [0.15, 0.2) is 78.6 Å². The molecule has 4 rings (SSSR count). The summed E-state index contributed by atoms with van der Waals surface area (Å²) in [6.07, 6.45) is 1.93. The fourth-order valence-electron chi connectivity index (χ4n) is 3.21. The molecule has 3 aromatic carbocycles. The maximum Gasteiger partial charge on any atom is 0.195 e. The van der Waals surface area contributed by atoms with Crippen LogP contribution in [-0.4, -0.2) is 5.78 Å². The number of rotatable bonds is 3. The maximum atomic E-state index is 13.1. The van der Waals surface area contributed by atoms with Gasteiger partial charge in [-0.1, -0.05) is 66.2 Å². The molecule has 2 N–H and O–H groups in total. The number of carbonyl (C=O) groups excluding carboxylic acids is 1. The quantitative estimate of drug-likeness (QED) is 0.679. The van der Waals surface area contributed by atoms with Crippen LogP contribution >= 0.6 is 11.6 Å². The predicted octanol–water partition coefficient (Wildman–Crippen LogP) is 4.85. The van der Waals surface area contributed by atoms with E-state index in [9.17, 15) is 4.79 Å². The van der Waals surface area contributed by atoms with Crippen molar-refractivity contribution in [1.82, 2.24) is 0 Å². The molecule has 4 heteroatoms. The molecule has 0 fully saturated rings. The number of anilines is 1. The number of hydrogen-bond acceptors (Lipinski definition) is 3. The number of ketones is 1. The van der Waals surface area contributed by atoms with Crippen LogP contribution in [-0.2, 0) is 6.54 Å². The summed E-state index contributed by atoms with van der Waals surface area (Å²) >= 11 is 6.19. The van der Waals surface area contributed by atoms with Gasteiger partial charge in [-0.3, -0.25) is 4.79 Å². The molecule has 0 amide bonds. The van der Waals surface area contributed by atoms with Crippen LogP contribution in [0.25, 0.3) is 6.08 Å². The topological polar surface area (TPSA) is 46.3 Å². The lowest BCUT2D eigenvalue weighted by Gasteiger charge is -2.31. The Morgan fingerprint density at radius 3 is 2.50 bits per heavy atom. The first kappa shape index (κ1) is 16.4. The van der Waals surface area contributed by atoms with Crippen LogP contribution in [0.1, 0.15) is 27.0 Å². The van der Waals surface area contributed by atoms with Crippen LogP contribution in [0.3, 0.4) is 0 Å². The van der Waals surface area contributed by atoms with Crippen molar-refractivity contribution in [2.45, 2.75) is 6.54 Å². The van der Waals surface area contributed by atoms with E-state index in [1.54, 1.807) is 24.3 Å². The third-order valence-corrected chi connectivity index (χ3v) is 4.76. The second-order valence-electron chi connectivity index (χ2n) is 6.21. The van der Waals surface area contributed by atoms with Crippen LogP contribution in [0.5, 0.6) is 0 Å². The Hall–Kier alpha value is -3.04. The molecule has 0 radical (unpaired) electrons. The van der Waals surface area contributed by atoms with Crippen LogP contribution < -0.4 is 10.6 Å². The summed E-state index contributed by atoms with van der Waals surface area (Å²) in [6, 6.07) is 22.6. The Bertz CT molecular complexity index is 1010. The summed E-state index contributed by atoms with van der Waals surface area (Å²) in [5.74, 6) is 0.530. The van der Waals surface area contributed by atoms with Crippen molar-refractivity contribution in [2.75, 3.05) is 4.90 Å². The molecule has 0 aliphatic carbocycles. The minimum absolute atomic E-state index is 0.0743. The predicted molar refractivity (Wildman–Crippen MR) is 106 cm³/mol. The molecule has 1 aliphatic heterocycles. The van der Waals surface area contributed by atoms with Crippen molar-refractivity contribution in [1.29, 1.82) is 0 Å². The van der Waals surface area contributed by atoms with Gasteiger partial charge in [-0.15, -0.1) is 0 Å². The van der Waals surface area contributed by atoms with Crippen molar-refractivity contribution in [2.24, 2.45) is 5.73 Å². The molecule has 3 aromatic rings. The zero-order valence-electron chi connectivity index (χ0n) is 14.0. The maximum absolute atomic E-state index is 13.1. The highest BCUT2D eigenvalue weighted by atomic mass is 35.5. The normalized spacial score (nSPS) is 13.1. The second-order valence-corrected chi connectivity index (χ2v) is 6.65. The van der Waals surface area contributed by atoms with E-state index >= 15 is 0 Å². The van der Waals surface area contributed by atoms with Gasteiger partial charge in [-0.05, 0) is 35.4 Å². The zero-order chi connectivity index (χ0) is 18.1. The number of benzene rings is 3. The molecular formula is C22H17ClN2O. The summed E-state index contributed by atoms with van der Waals surface area (Å²) in [5, 5.41) is 0.521. The van der Waals surface area contributed by atoms with E-state index < -0.39 is 0 Å². The second kappa shape index (κ2) is 6.70. The molecule has 0 spiro atoms. The number of fused-ring (bicyclic) bond motifs is 1. The number of nitrogens with zero attached hydrogens (tertiary/aromatic N) is 1. The number of carbonyl (C=O) groups is 1. The highest BCUT2D eigenvalue weighted by Gasteiger charge is 2.23. The zero-order valence-corrected chi connectivity index (χ0v) is 14.8. The average molecular weight is 361 g/mol. The minimum atomic E-state index is -0.0743.